The van der Waals surface area contributed by atoms with E-state index < -0.39 is 0 Å². The summed E-state index contributed by atoms with van der Waals surface area (Å²) < 4.78 is 0. The average molecular weight is 256 g/mol. The monoisotopic (exact) mass is 256 g/mol. The molecule has 2 aromatic heterocycles. The van der Waals surface area contributed by atoms with Gasteiger partial charge in [-0.2, -0.15) is 0 Å². The number of aromatic nitrogens is 3. The third-order valence-corrected chi connectivity index (χ3v) is 3.46. The highest BCUT2D eigenvalue weighted by atomic mass is 16.3. The smallest absolute Gasteiger partial charge is 0.225 e. The van der Waals surface area contributed by atoms with Crippen molar-refractivity contribution in [1.29, 1.82) is 0 Å². The molecule has 0 spiro atoms. The van der Waals surface area contributed by atoms with Crippen LogP contribution in [0.15, 0.2) is 36.9 Å². The second-order valence-corrected chi connectivity index (χ2v) is 4.80. The van der Waals surface area contributed by atoms with Gasteiger partial charge in [-0.25, -0.2) is 9.97 Å². The molecule has 1 atom stereocenters. The quantitative estimate of drug-likeness (QED) is 0.898. The number of hydrogen-bond donors (Lipinski definition) is 1. The van der Waals surface area contributed by atoms with E-state index in [9.17, 15) is 0 Å². The second kappa shape index (κ2) is 5.32. The zero-order chi connectivity index (χ0) is 13.1. The largest absolute Gasteiger partial charge is 0.396 e. The molecule has 1 fully saturated rings. The van der Waals surface area contributed by atoms with Gasteiger partial charge in [0.2, 0.25) is 5.95 Å². The van der Waals surface area contributed by atoms with Crippen LogP contribution >= 0.6 is 0 Å². The second-order valence-electron chi connectivity index (χ2n) is 4.80. The van der Waals surface area contributed by atoms with Crippen molar-refractivity contribution in [2.24, 2.45) is 5.92 Å². The van der Waals surface area contributed by atoms with Gasteiger partial charge in [0.25, 0.3) is 0 Å². The van der Waals surface area contributed by atoms with Crippen molar-refractivity contribution in [2.75, 3.05) is 24.6 Å². The number of pyridine rings is 1. The molecule has 0 aromatic carbocycles. The fraction of sp³-hybridized carbons (Fsp3) is 0.357. The molecule has 1 aliphatic heterocycles. The molecule has 5 nitrogen and oxygen atoms in total. The molecule has 3 heterocycles. The van der Waals surface area contributed by atoms with Crippen molar-refractivity contribution >= 4 is 5.95 Å². The van der Waals surface area contributed by atoms with Crippen molar-refractivity contribution in [3.63, 3.8) is 0 Å². The molecule has 0 aliphatic carbocycles. The topological polar surface area (TPSA) is 62.1 Å². The summed E-state index contributed by atoms with van der Waals surface area (Å²) in [6.45, 7) is 1.99. The Balaban J connectivity index is 1.76. The molecule has 0 saturated carbocycles. The van der Waals surface area contributed by atoms with Crippen LogP contribution in [-0.2, 0) is 0 Å². The van der Waals surface area contributed by atoms with Gasteiger partial charge in [0, 0.05) is 61.5 Å². The van der Waals surface area contributed by atoms with Gasteiger partial charge in [0.15, 0.2) is 0 Å². The van der Waals surface area contributed by atoms with E-state index in [2.05, 4.69) is 19.9 Å². The minimum atomic E-state index is 0.240. The first-order valence-corrected chi connectivity index (χ1v) is 6.45. The molecule has 2 aromatic rings. The van der Waals surface area contributed by atoms with Crippen LogP contribution in [-0.4, -0.2) is 39.8 Å². The molecule has 1 saturated heterocycles. The first kappa shape index (κ1) is 12.0. The van der Waals surface area contributed by atoms with Gasteiger partial charge in [-0.05, 0) is 12.5 Å². The fourth-order valence-electron chi connectivity index (χ4n) is 2.33. The molecular formula is C14H16N4O. The fourth-order valence-corrected chi connectivity index (χ4v) is 2.33. The number of anilines is 1. The van der Waals surface area contributed by atoms with Crippen LogP contribution in [0.3, 0.4) is 0 Å². The van der Waals surface area contributed by atoms with E-state index in [1.807, 2.05) is 24.5 Å². The Kier molecular flexibility index (Phi) is 3.37. The lowest BCUT2D eigenvalue weighted by Crippen LogP contribution is -2.22. The minimum absolute atomic E-state index is 0.240. The Morgan fingerprint density at radius 1 is 1.21 bits per heavy atom. The molecule has 19 heavy (non-hydrogen) atoms. The van der Waals surface area contributed by atoms with Crippen molar-refractivity contribution in [1.82, 2.24) is 15.0 Å². The Morgan fingerprint density at radius 2 is 2.05 bits per heavy atom. The zero-order valence-electron chi connectivity index (χ0n) is 10.6. The van der Waals surface area contributed by atoms with Crippen molar-refractivity contribution in [3.8, 4) is 11.1 Å². The van der Waals surface area contributed by atoms with Gasteiger partial charge >= 0.3 is 0 Å². The number of aliphatic hydroxyl groups excluding tert-OH is 1. The maximum absolute atomic E-state index is 9.15. The molecule has 5 heteroatoms. The van der Waals surface area contributed by atoms with Crippen LogP contribution in [0.25, 0.3) is 11.1 Å². The third-order valence-electron chi connectivity index (χ3n) is 3.46. The molecule has 0 bridgehead atoms. The highest BCUT2D eigenvalue weighted by molar-refractivity contribution is 5.60. The van der Waals surface area contributed by atoms with E-state index in [1.165, 1.54) is 0 Å². The summed E-state index contributed by atoms with van der Waals surface area (Å²) in [5, 5.41) is 9.15. The van der Waals surface area contributed by atoms with Gasteiger partial charge in [-0.3, -0.25) is 4.98 Å². The lowest BCUT2D eigenvalue weighted by molar-refractivity contribution is 0.238. The van der Waals surface area contributed by atoms with Crippen LogP contribution in [0.1, 0.15) is 6.42 Å². The van der Waals surface area contributed by atoms with E-state index in [4.69, 9.17) is 5.11 Å². The molecule has 1 aliphatic rings. The summed E-state index contributed by atoms with van der Waals surface area (Å²) in [4.78, 5) is 15.0. The maximum atomic E-state index is 9.15. The van der Waals surface area contributed by atoms with Crippen LogP contribution in [0, 0.1) is 5.92 Å². The predicted octanol–water partition coefficient (Wildman–Crippen LogP) is 1.36. The van der Waals surface area contributed by atoms with Crippen molar-refractivity contribution in [2.45, 2.75) is 6.42 Å². The summed E-state index contributed by atoms with van der Waals surface area (Å²) in [5.41, 5.74) is 1.98. The third kappa shape index (κ3) is 2.56. The van der Waals surface area contributed by atoms with Gasteiger partial charge in [0.05, 0.1) is 0 Å². The van der Waals surface area contributed by atoms with Gasteiger partial charge in [0.1, 0.15) is 0 Å². The Hall–Kier alpha value is -2.01. The summed E-state index contributed by atoms with van der Waals surface area (Å²) in [6, 6.07) is 3.89. The van der Waals surface area contributed by atoms with Crippen molar-refractivity contribution in [3.05, 3.63) is 36.9 Å². The van der Waals surface area contributed by atoms with Crippen LogP contribution < -0.4 is 4.90 Å². The van der Waals surface area contributed by atoms with Crippen LogP contribution in [0.4, 0.5) is 5.95 Å². The van der Waals surface area contributed by atoms with Crippen molar-refractivity contribution < 1.29 is 5.11 Å². The van der Waals surface area contributed by atoms with E-state index in [0.29, 0.717) is 5.92 Å². The summed E-state index contributed by atoms with van der Waals surface area (Å²) in [6.07, 6.45) is 8.20. The highest BCUT2D eigenvalue weighted by Crippen LogP contribution is 2.22. The molecule has 0 radical (unpaired) electrons. The summed E-state index contributed by atoms with van der Waals surface area (Å²) in [7, 11) is 0. The average Bonchev–Trinajstić information content (AvgIpc) is 2.97. The van der Waals surface area contributed by atoms with Crippen LogP contribution in [0.2, 0.25) is 0 Å². The normalized spacial score (nSPS) is 18.8. The van der Waals surface area contributed by atoms with E-state index in [-0.39, 0.29) is 6.61 Å². The van der Waals surface area contributed by atoms with E-state index >= 15 is 0 Å². The number of nitrogens with zero attached hydrogens (tertiary/aromatic N) is 4. The molecule has 0 amide bonds. The first-order valence-electron chi connectivity index (χ1n) is 6.45. The summed E-state index contributed by atoms with van der Waals surface area (Å²) in [5.74, 6) is 1.09. The summed E-state index contributed by atoms with van der Waals surface area (Å²) >= 11 is 0. The molecule has 98 valence electrons. The maximum Gasteiger partial charge on any atom is 0.225 e. The minimum Gasteiger partial charge on any atom is -0.396 e. The predicted molar refractivity (Wildman–Crippen MR) is 72.7 cm³/mol. The first-order chi connectivity index (χ1) is 9.36. The number of hydrogen-bond acceptors (Lipinski definition) is 5. The number of aliphatic hydroxyl groups is 1. The van der Waals surface area contributed by atoms with Gasteiger partial charge in [-0.1, -0.05) is 6.07 Å². The van der Waals surface area contributed by atoms with Crippen LogP contribution in [0.5, 0.6) is 0 Å². The van der Waals surface area contributed by atoms with Gasteiger partial charge < -0.3 is 10.0 Å². The molecule has 3 rings (SSSR count). The number of rotatable bonds is 3. The lowest BCUT2D eigenvalue weighted by atomic mass is 10.1. The molecular weight excluding hydrogens is 240 g/mol. The molecule has 1 N–H and O–H groups in total. The highest BCUT2D eigenvalue weighted by Gasteiger charge is 2.23. The Bertz CT molecular complexity index is 529. The Morgan fingerprint density at radius 3 is 2.68 bits per heavy atom. The SMILES string of the molecule is OCC1CCN(c2ncc(-c3cccnc3)cn2)C1. The Labute approximate surface area is 112 Å². The van der Waals surface area contributed by atoms with E-state index in [0.717, 1.165) is 36.6 Å². The standard InChI is InChI=1S/C14H16N4O/c19-10-11-3-5-18(9-11)14-16-7-13(8-17-14)12-2-1-4-15-6-12/h1-2,4,6-8,11,19H,3,5,9-10H2. The zero-order valence-corrected chi connectivity index (χ0v) is 10.6. The van der Waals surface area contributed by atoms with Gasteiger partial charge in [-0.15, -0.1) is 0 Å². The van der Waals surface area contributed by atoms with E-state index in [1.54, 1.807) is 12.4 Å². The molecule has 1 unspecified atom stereocenters. The lowest BCUT2D eigenvalue weighted by Gasteiger charge is -2.15.